The molecular formula is C25H26N8O3. The summed E-state index contributed by atoms with van der Waals surface area (Å²) < 4.78 is 7.31. The van der Waals surface area contributed by atoms with Crippen LogP contribution in [0, 0.1) is 0 Å². The topological polar surface area (TPSA) is 136 Å². The molecule has 4 aromatic rings. The molecule has 1 amide bonds. The highest BCUT2D eigenvalue weighted by molar-refractivity contribution is 6.02. The molecule has 0 saturated carbocycles. The molecule has 0 fully saturated rings. The van der Waals surface area contributed by atoms with Gasteiger partial charge in [0.05, 0.1) is 29.6 Å². The van der Waals surface area contributed by atoms with Crippen LogP contribution in [0.15, 0.2) is 55.1 Å². The Morgan fingerprint density at radius 1 is 1.03 bits per heavy atom. The summed E-state index contributed by atoms with van der Waals surface area (Å²) in [5.74, 6) is 1.62. The monoisotopic (exact) mass is 486 g/mol. The van der Waals surface area contributed by atoms with Gasteiger partial charge in [-0.1, -0.05) is 13.0 Å². The zero-order valence-electron chi connectivity index (χ0n) is 20.4. The van der Waals surface area contributed by atoms with Gasteiger partial charge in [0.1, 0.15) is 18.0 Å². The van der Waals surface area contributed by atoms with Gasteiger partial charge in [0.25, 0.3) is 5.91 Å². The van der Waals surface area contributed by atoms with Gasteiger partial charge in [0, 0.05) is 44.5 Å². The number of carbonyl (C=O) groups excluding carboxylic acids is 2. The first kappa shape index (κ1) is 24.3. The van der Waals surface area contributed by atoms with E-state index in [1.54, 1.807) is 57.3 Å². The number of carbonyl (C=O) groups is 2. The Bertz CT molecular complexity index is 1420. The molecule has 11 nitrogen and oxygen atoms in total. The van der Waals surface area contributed by atoms with Crippen molar-refractivity contribution in [1.29, 1.82) is 0 Å². The molecule has 0 atom stereocenters. The average molecular weight is 487 g/mol. The zero-order valence-corrected chi connectivity index (χ0v) is 20.4. The van der Waals surface area contributed by atoms with Crippen LogP contribution in [-0.4, -0.2) is 50.6 Å². The molecule has 3 N–H and O–H groups in total. The maximum atomic E-state index is 12.7. The van der Waals surface area contributed by atoms with Gasteiger partial charge in [0.15, 0.2) is 17.4 Å². The molecule has 0 radical (unpaired) electrons. The number of ketones is 1. The minimum Gasteiger partial charge on any atom is -0.494 e. The summed E-state index contributed by atoms with van der Waals surface area (Å²) in [6.07, 6.45) is 4.97. The highest BCUT2D eigenvalue weighted by Crippen LogP contribution is 2.37. The van der Waals surface area contributed by atoms with Crippen molar-refractivity contribution in [1.82, 2.24) is 30.0 Å². The van der Waals surface area contributed by atoms with E-state index in [1.165, 1.54) is 12.4 Å². The quantitative estimate of drug-likeness (QED) is 0.302. The Morgan fingerprint density at radius 2 is 1.83 bits per heavy atom. The molecule has 4 rings (SSSR count). The van der Waals surface area contributed by atoms with Crippen LogP contribution in [0.4, 0.5) is 23.0 Å². The molecule has 3 aromatic heterocycles. The van der Waals surface area contributed by atoms with E-state index in [2.05, 4.69) is 36.0 Å². The molecule has 0 bridgehead atoms. The van der Waals surface area contributed by atoms with Crippen LogP contribution >= 0.6 is 0 Å². The number of amides is 1. The Hall–Kier alpha value is -4.80. The number of benzene rings is 1. The van der Waals surface area contributed by atoms with Crippen LogP contribution < -0.4 is 20.7 Å². The van der Waals surface area contributed by atoms with Crippen LogP contribution in [0.2, 0.25) is 0 Å². The van der Waals surface area contributed by atoms with Crippen molar-refractivity contribution < 1.29 is 14.3 Å². The van der Waals surface area contributed by atoms with Crippen molar-refractivity contribution in [3.8, 4) is 17.1 Å². The van der Waals surface area contributed by atoms with E-state index in [4.69, 9.17) is 4.74 Å². The summed E-state index contributed by atoms with van der Waals surface area (Å²) in [6.45, 7) is 1.79. The largest absolute Gasteiger partial charge is 0.494 e. The van der Waals surface area contributed by atoms with Gasteiger partial charge in [-0.05, 0) is 24.3 Å². The summed E-state index contributed by atoms with van der Waals surface area (Å²) in [6, 6.07) is 10.5. The van der Waals surface area contributed by atoms with Crippen LogP contribution in [-0.2, 0) is 7.05 Å². The second-order valence-electron chi connectivity index (χ2n) is 7.78. The molecule has 36 heavy (non-hydrogen) atoms. The van der Waals surface area contributed by atoms with Crippen molar-refractivity contribution in [2.75, 3.05) is 24.8 Å². The summed E-state index contributed by atoms with van der Waals surface area (Å²) in [5, 5.41) is 13.4. The second-order valence-corrected chi connectivity index (χ2v) is 7.78. The third-order valence-corrected chi connectivity index (χ3v) is 5.36. The smallest absolute Gasteiger partial charge is 0.251 e. The first-order chi connectivity index (χ1) is 17.4. The molecule has 0 aliphatic heterocycles. The highest BCUT2D eigenvalue weighted by Gasteiger charge is 2.18. The van der Waals surface area contributed by atoms with Gasteiger partial charge < -0.3 is 20.7 Å². The van der Waals surface area contributed by atoms with E-state index in [-0.39, 0.29) is 11.7 Å². The van der Waals surface area contributed by atoms with Crippen molar-refractivity contribution >= 4 is 34.7 Å². The van der Waals surface area contributed by atoms with Gasteiger partial charge in [-0.2, -0.15) is 5.10 Å². The Balaban J connectivity index is 1.71. The fourth-order valence-corrected chi connectivity index (χ4v) is 3.59. The average Bonchev–Trinajstić information content (AvgIpc) is 3.34. The van der Waals surface area contributed by atoms with Gasteiger partial charge in [0.2, 0.25) is 0 Å². The highest BCUT2D eigenvalue weighted by atomic mass is 16.5. The predicted octanol–water partition coefficient (Wildman–Crippen LogP) is 3.72. The molecule has 0 spiro atoms. The standard InChI is InChI=1S/C25H26N8O3/c1-5-20(34)17-13-28-22(31-21-11-15(9-10-27-21)25(35)26-2)12-19(17)30-18-8-6-7-16(23(18)36-4)24-29-14-33(3)32-24/h6-14H,5H2,1-4H3,(H,26,35)(H2,27,28,30,31). The van der Waals surface area contributed by atoms with E-state index in [9.17, 15) is 9.59 Å². The number of para-hydroxylation sites is 1. The molecule has 1 aromatic carbocycles. The van der Waals surface area contributed by atoms with Crippen LogP contribution in [0.3, 0.4) is 0 Å². The molecule has 3 heterocycles. The van der Waals surface area contributed by atoms with Crippen molar-refractivity contribution in [3.05, 3.63) is 66.2 Å². The minimum absolute atomic E-state index is 0.0715. The number of ether oxygens (including phenoxy) is 1. The van der Waals surface area contributed by atoms with Crippen molar-refractivity contribution in [2.24, 2.45) is 7.05 Å². The third-order valence-electron chi connectivity index (χ3n) is 5.36. The lowest BCUT2D eigenvalue weighted by molar-refractivity contribution is 0.0960. The van der Waals surface area contributed by atoms with E-state index >= 15 is 0 Å². The Kier molecular flexibility index (Phi) is 7.19. The third kappa shape index (κ3) is 5.14. The van der Waals surface area contributed by atoms with Crippen molar-refractivity contribution in [3.63, 3.8) is 0 Å². The van der Waals surface area contributed by atoms with Gasteiger partial charge in [-0.15, -0.1) is 0 Å². The lowest BCUT2D eigenvalue weighted by Gasteiger charge is -2.17. The normalized spacial score (nSPS) is 10.6. The maximum Gasteiger partial charge on any atom is 0.251 e. The van der Waals surface area contributed by atoms with Crippen LogP contribution in [0.1, 0.15) is 34.1 Å². The maximum absolute atomic E-state index is 12.7. The number of nitrogens with zero attached hydrogens (tertiary/aromatic N) is 5. The number of pyridine rings is 2. The number of aryl methyl sites for hydroxylation is 1. The molecular weight excluding hydrogens is 460 g/mol. The molecule has 0 saturated heterocycles. The number of hydrogen-bond donors (Lipinski definition) is 3. The van der Waals surface area contributed by atoms with Crippen LogP contribution in [0.5, 0.6) is 5.75 Å². The number of methoxy groups -OCH3 is 1. The van der Waals surface area contributed by atoms with E-state index in [0.717, 1.165) is 0 Å². The SMILES string of the molecule is CCC(=O)c1cnc(Nc2cc(C(=O)NC)ccn2)cc1Nc1cccc(-c2ncn(C)n2)c1OC. The number of Topliss-reactive ketones (excluding diaryl/α,β-unsaturated/α-hetero) is 1. The van der Waals surface area contributed by atoms with Gasteiger partial charge >= 0.3 is 0 Å². The Morgan fingerprint density at radius 3 is 2.53 bits per heavy atom. The lowest BCUT2D eigenvalue weighted by atomic mass is 10.1. The lowest BCUT2D eigenvalue weighted by Crippen LogP contribution is -2.17. The number of rotatable bonds is 9. The van der Waals surface area contributed by atoms with Crippen LogP contribution in [0.25, 0.3) is 11.4 Å². The molecule has 11 heteroatoms. The molecule has 184 valence electrons. The molecule has 0 aliphatic rings. The van der Waals surface area contributed by atoms with Gasteiger partial charge in [-0.3, -0.25) is 14.3 Å². The summed E-state index contributed by atoms with van der Waals surface area (Å²) in [7, 11) is 4.92. The minimum atomic E-state index is -0.228. The summed E-state index contributed by atoms with van der Waals surface area (Å²) >= 11 is 0. The Labute approximate surface area is 208 Å². The number of hydrogen-bond acceptors (Lipinski definition) is 9. The van der Waals surface area contributed by atoms with Gasteiger partial charge in [-0.25, -0.2) is 15.0 Å². The van der Waals surface area contributed by atoms with E-state index in [1.807, 2.05) is 18.2 Å². The van der Waals surface area contributed by atoms with Crippen molar-refractivity contribution in [2.45, 2.75) is 13.3 Å². The summed E-state index contributed by atoms with van der Waals surface area (Å²) in [5.41, 5.74) is 2.75. The number of anilines is 4. The fraction of sp³-hybridized carbons (Fsp3) is 0.200. The van der Waals surface area contributed by atoms with E-state index in [0.29, 0.717) is 57.7 Å². The number of aromatic nitrogens is 5. The molecule has 0 aliphatic carbocycles. The fourth-order valence-electron chi connectivity index (χ4n) is 3.59. The molecule has 0 unspecified atom stereocenters. The predicted molar refractivity (Wildman–Crippen MR) is 136 cm³/mol. The summed E-state index contributed by atoms with van der Waals surface area (Å²) in [4.78, 5) is 37.6. The first-order valence-electron chi connectivity index (χ1n) is 11.2. The second kappa shape index (κ2) is 10.6. The van der Waals surface area contributed by atoms with E-state index < -0.39 is 0 Å². The zero-order chi connectivity index (χ0) is 25.7. The first-order valence-corrected chi connectivity index (χ1v) is 11.2. The number of nitrogens with one attached hydrogen (secondary N) is 3.